The van der Waals surface area contributed by atoms with Crippen LogP contribution in [0, 0.1) is 5.82 Å². The highest BCUT2D eigenvalue weighted by Gasteiger charge is 2.07. The first-order valence-corrected chi connectivity index (χ1v) is 4.73. The molecule has 0 fully saturated rings. The van der Waals surface area contributed by atoms with E-state index in [1.54, 1.807) is 13.0 Å². The van der Waals surface area contributed by atoms with Crippen molar-refractivity contribution in [1.29, 1.82) is 0 Å². The molecule has 3 heteroatoms. The Hall–Kier alpha value is -1.09. The molecule has 0 radical (unpaired) electrons. The minimum absolute atomic E-state index is 0.116. The second kappa shape index (κ2) is 4.96. The van der Waals surface area contributed by atoms with Gasteiger partial charge in [-0.1, -0.05) is 13.0 Å². The number of aliphatic hydroxyl groups excluding tert-OH is 1. The molecule has 1 rings (SSSR count). The summed E-state index contributed by atoms with van der Waals surface area (Å²) in [6.45, 7) is 3.54. The van der Waals surface area contributed by atoms with Crippen LogP contribution in [-0.2, 0) is 6.42 Å². The summed E-state index contributed by atoms with van der Waals surface area (Å²) in [5.74, 6) is -0.173. The standard InChI is InChI=1S/C11H15FO2/c1-3-9-4-5-11(10(12)6-9)14-8(2)7-13/h4-6,8,13H,3,7H2,1-2H3/t8-/m0/s1. The molecular weight excluding hydrogens is 183 g/mol. The van der Waals surface area contributed by atoms with Crippen LogP contribution in [0.15, 0.2) is 18.2 Å². The van der Waals surface area contributed by atoms with E-state index in [0.717, 1.165) is 12.0 Å². The molecule has 14 heavy (non-hydrogen) atoms. The van der Waals surface area contributed by atoms with Crippen LogP contribution in [0.1, 0.15) is 19.4 Å². The van der Waals surface area contributed by atoms with Crippen molar-refractivity contribution in [1.82, 2.24) is 0 Å². The molecule has 0 heterocycles. The Morgan fingerprint density at radius 1 is 1.50 bits per heavy atom. The Bertz CT molecular complexity index is 299. The lowest BCUT2D eigenvalue weighted by molar-refractivity contribution is 0.125. The molecule has 0 spiro atoms. The summed E-state index contributed by atoms with van der Waals surface area (Å²) in [6, 6.07) is 4.88. The number of halogens is 1. The highest BCUT2D eigenvalue weighted by molar-refractivity contribution is 5.29. The van der Waals surface area contributed by atoms with E-state index in [2.05, 4.69) is 0 Å². The van der Waals surface area contributed by atoms with Crippen molar-refractivity contribution < 1.29 is 14.2 Å². The van der Waals surface area contributed by atoms with E-state index in [1.807, 2.05) is 13.0 Å². The maximum atomic E-state index is 13.3. The molecule has 1 N–H and O–H groups in total. The molecule has 2 nitrogen and oxygen atoms in total. The second-order valence-electron chi connectivity index (χ2n) is 3.23. The predicted molar refractivity (Wildman–Crippen MR) is 53.0 cm³/mol. The van der Waals surface area contributed by atoms with Gasteiger partial charge in [0.25, 0.3) is 0 Å². The number of ether oxygens (including phenoxy) is 1. The Morgan fingerprint density at radius 3 is 2.71 bits per heavy atom. The van der Waals surface area contributed by atoms with Gasteiger partial charge in [-0.15, -0.1) is 0 Å². The third kappa shape index (κ3) is 2.70. The molecule has 0 amide bonds. The van der Waals surface area contributed by atoms with Crippen LogP contribution in [0.4, 0.5) is 4.39 Å². The monoisotopic (exact) mass is 198 g/mol. The van der Waals surface area contributed by atoms with Crippen molar-refractivity contribution in [2.75, 3.05) is 6.61 Å². The van der Waals surface area contributed by atoms with Gasteiger partial charge in [0.2, 0.25) is 0 Å². The minimum Gasteiger partial charge on any atom is -0.485 e. The molecule has 1 atom stereocenters. The summed E-state index contributed by atoms with van der Waals surface area (Å²) in [5, 5.41) is 8.74. The van der Waals surface area contributed by atoms with Crippen LogP contribution in [0.3, 0.4) is 0 Å². The summed E-state index contributed by atoms with van der Waals surface area (Å²) >= 11 is 0. The molecular formula is C11H15FO2. The van der Waals surface area contributed by atoms with Crippen molar-refractivity contribution in [2.24, 2.45) is 0 Å². The second-order valence-corrected chi connectivity index (χ2v) is 3.23. The van der Waals surface area contributed by atoms with Gasteiger partial charge < -0.3 is 9.84 Å². The number of aliphatic hydroxyl groups is 1. The Morgan fingerprint density at radius 2 is 2.21 bits per heavy atom. The van der Waals surface area contributed by atoms with Gasteiger partial charge in [-0.3, -0.25) is 0 Å². The van der Waals surface area contributed by atoms with Crippen molar-refractivity contribution in [3.8, 4) is 5.75 Å². The molecule has 0 aliphatic heterocycles. The van der Waals surface area contributed by atoms with Crippen molar-refractivity contribution >= 4 is 0 Å². The fourth-order valence-electron chi connectivity index (χ4n) is 1.11. The number of benzene rings is 1. The number of hydrogen-bond acceptors (Lipinski definition) is 2. The maximum absolute atomic E-state index is 13.3. The summed E-state index contributed by atoms with van der Waals surface area (Å²) in [6.07, 6.45) is 0.421. The highest BCUT2D eigenvalue weighted by Crippen LogP contribution is 2.19. The van der Waals surface area contributed by atoms with E-state index in [9.17, 15) is 4.39 Å². The first-order chi connectivity index (χ1) is 6.67. The predicted octanol–water partition coefficient (Wildman–Crippen LogP) is 2.15. The van der Waals surface area contributed by atoms with E-state index < -0.39 is 0 Å². The van der Waals surface area contributed by atoms with E-state index in [0.29, 0.717) is 0 Å². The Labute approximate surface area is 83.3 Å². The summed E-state index contributed by atoms with van der Waals surface area (Å²) in [4.78, 5) is 0. The van der Waals surface area contributed by atoms with Gasteiger partial charge in [-0.05, 0) is 31.0 Å². The molecule has 0 aliphatic rings. The van der Waals surface area contributed by atoms with Crippen molar-refractivity contribution in [3.63, 3.8) is 0 Å². The first kappa shape index (κ1) is 11.0. The number of hydrogen-bond donors (Lipinski definition) is 1. The Balaban J connectivity index is 2.78. The lowest BCUT2D eigenvalue weighted by Crippen LogP contribution is -2.16. The van der Waals surface area contributed by atoms with Crippen LogP contribution < -0.4 is 4.74 Å². The van der Waals surface area contributed by atoms with E-state index in [4.69, 9.17) is 9.84 Å². The Kier molecular flexibility index (Phi) is 3.89. The zero-order valence-electron chi connectivity index (χ0n) is 8.46. The molecule has 0 saturated carbocycles. The first-order valence-electron chi connectivity index (χ1n) is 4.73. The molecule has 0 bridgehead atoms. The molecule has 0 saturated heterocycles. The fourth-order valence-corrected chi connectivity index (χ4v) is 1.11. The van der Waals surface area contributed by atoms with Crippen LogP contribution in [0.2, 0.25) is 0 Å². The molecule has 0 aliphatic carbocycles. The van der Waals surface area contributed by atoms with Gasteiger partial charge in [0.05, 0.1) is 6.61 Å². The zero-order chi connectivity index (χ0) is 10.6. The minimum atomic E-state index is -0.378. The maximum Gasteiger partial charge on any atom is 0.165 e. The largest absolute Gasteiger partial charge is 0.485 e. The van der Waals surface area contributed by atoms with Gasteiger partial charge in [0.1, 0.15) is 6.10 Å². The number of aryl methyl sites for hydroxylation is 1. The van der Waals surface area contributed by atoms with E-state index >= 15 is 0 Å². The van der Waals surface area contributed by atoms with E-state index in [-0.39, 0.29) is 24.3 Å². The van der Waals surface area contributed by atoms with Crippen LogP contribution in [-0.4, -0.2) is 17.8 Å². The van der Waals surface area contributed by atoms with Crippen LogP contribution in [0.25, 0.3) is 0 Å². The zero-order valence-corrected chi connectivity index (χ0v) is 8.46. The normalized spacial score (nSPS) is 12.6. The average Bonchev–Trinajstić information content (AvgIpc) is 2.20. The summed E-state index contributed by atoms with van der Waals surface area (Å²) in [7, 11) is 0. The van der Waals surface area contributed by atoms with E-state index in [1.165, 1.54) is 6.07 Å². The van der Waals surface area contributed by atoms with Crippen LogP contribution >= 0.6 is 0 Å². The number of rotatable bonds is 4. The average molecular weight is 198 g/mol. The van der Waals surface area contributed by atoms with Crippen molar-refractivity contribution in [3.05, 3.63) is 29.6 Å². The molecule has 78 valence electrons. The molecule has 1 aromatic rings. The smallest absolute Gasteiger partial charge is 0.165 e. The van der Waals surface area contributed by atoms with Crippen LogP contribution in [0.5, 0.6) is 5.75 Å². The van der Waals surface area contributed by atoms with Gasteiger partial charge >= 0.3 is 0 Å². The van der Waals surface area contributed by atoms with Gasteiger partial charge in [0.15, 0.2) is 11.6 Å². The molecule has 1 aromatic carbocycles. The fraction of sp³-hybridized carbons (Fsp3) is 0.455. The van der Waals surface area contributed by atoms with Crippen molar-refractivity contribution in [2.45, 2.75) is 26.4 Å². The molecule has 0 aromatic heterocycles. The topological polar surface area (TPSA) is 29.5 Å². The van der Waals surface area contributed by atoms with Gasteiger partial charge in [0, 0.05) is 0 Å². The lowest BCUT2D eigenvalue weighted by Gasteiger charge is -2.12. The summed E-state index contributed by atoms with van der Waals surface area (Å²) < 4.78 is 18.5. The molecule has 0 unspecified atom stereocenters. The third-order valence-corrected chi connectivity index (χ3v) is 1.99. The highest BCUT2D eigenvalue weighted by atomic mass is 19.1. The van der Waals surface area contributed by atoms with Gasteiger partial charge in [-0.25, -0.2) is 4.39 Å². The SMILES string of the molecule is CCc1ccc(O[C@@H](C)CO)c(F)c1. The quantitative estimate of drug-likeness (QED) is 0.803. The third-order valence-electron chi connectivity index (χ3n) is 1.99. The summed E-state index contributed by atoms with van der Waals surface area (Å²) in [5.41, 5.74) is 0.937. The van der Waals surface area contributed by atoms with Gasteiger partial charge in [-0.2, -0.15) is 0 Å². The lowest BCUT2D eigenvalue weighted by atomic mass is 10.1.